The van der Waals surface area contributed by atoms with Gasteiger partial charge in [-0.15, -0.1) is 0 Å². The largest absolute Gasteiger partial charge is 0.478 e. The molecule has 1 aliphatic heterocycles. The zero-order valence-electron chi connectivity index (χ0n) is 28.0. The lowest BCUT2D eigenvalue weighted by molar-refractivity contribution is -0.199. The summed E-state index contributed by atoms with van der Waals surface area (Å²) in [6.07, 6.45) is 2.34. The molecule has 2 aromatic rings. The number of halogens is 1. The lowest BCUT2D eigenvalue weighted by Gasteiger charge is -2.64. The van der Waals surface area contributed by atoms with Crippen molar-refractivity contribution >= 4 is 30.7 Å². The zero-order valence-corrected chi connectivity index (χ0v) is 28.0. The topological polar surface area (TPSA) is 135 Å². The van der Waals surface area contributed by atoms with E-state index in [0.717, 1.165) is 18.4 Å². The third kappa shape index (κ3) is 7.23. The van der Waals surface area contributed by atoms with Crippen LogP contribution in [0.15, 0.2) is 54.6 Å². The van der Waals surface area contributed by atoms with Gasteiger partial charge in [-0.3, -0.25) is 19.2 Å². The van der Waals surface area contributed by atoms with Crippen LogP contribution in [-0.2, 0) is 30.1 Å². The Hall–Kier alpha value is -3.77. The maximum Gasteiger partial charge on any atom is 0.478 e. The highest BCUT2D eigenvalue weighted by Crippen LogP contribution is 2.65. The van der Waals surface area contributed by atoms with Gasteiger partial charge >= 0.3 is 7.12 Å². The van der Waals surface area contributed by atoms with E-state index in [4.69, 9.17) is 9.31 Å². The van der Waals surface area contributed by atoms with Crippen LogP contribution in [0.3, 0.4) is 0 Å². The minimum Gasteiger partial charge on any atom is -0.404 e. The van der Waals surface area contributed by atoms with Crippen LogP contribution in [0.2, 0.25) is 0 Å². The molecule has 2 bridgehead atoms. The molecule has 0 spiro atoms. The van der Waals surface area contributed by atoms with Crippen molar-refractivity contribution in [2.75, 3.05) is 6.44 Å². The van der Waals surface area contributed by atoms with Gasteiger partial charge in [0.1, 0.15) is 23.9 Å². The van der Waals surface area contributed by atoms with Crippen molar-refractivity contribution < 1.29 is 32.9 Å². The zero-order chi connectivity index (χ0) is 34.1. The highest BCUT2D eigenvalue weighted by Gasteiger charge is 2.67. The number of hydrogen-bond acceptors (Lipinski definition) is 6. The Morgan fingerprint density at radius 1 is 0.894 bits per heavy atom. The average molecular weight is 649 g/mol. The van der Waals surface area contributed by atoms with Gasteiger partial charge in [0, 0.05) is 6.42 Å². The molecule has 2 aromatic carbocycles. The van der Waals surface area contributed by atoms with Crippen LogP contribution in [0.25, 0.3) is 0 Å². The summed E-state index contributed by atoms with van der Waals surface area (Å²) in [5.74, 6) is -2.41. The van der Waals surface area contributed by atoms with Crippen LogP contribution < -0.4 is 21.3 Å². The second kappa shape index (κ2) is 13.8. The molecule has 1 unspecified atom stereocenters. The van der Waals surface area contributed by atoms with Crippen molar-refractivity contribution in [3.63, 3.8) is 0 Å². The molecular formula is C35H46BFN4O6. The van der Waals surface area contributed by atoms with E-state index in [-0.39, 0.29) is 41.5 Å². The molecule has 47 heavy (non-hydrogen) atoms. The summed E-state index contributed by atoms with van der Waals surface area (Å²) in [5, 5.41) is 10.9. The molecule has 4 amide bonds. The highest BCUT2D eigenvalue weighted by atomic mass is 19.1. The van der Waals surface area contributed by atoms with Gasteiger partial charge in [0.05, 0.1) is 23.7 Å². The molecule has 1 heterocycles. The van der Waals surface area contributed by atoms with Crippen molar-refractivity contribution in [3.05, 3.63) is 71.5 Å². The van der Waals surface area contributed by atoms with Crippen molar-refractivity contribution in [2.45, 2.75) is 90.6 Å². The Morgan fingerprint density at radius 3 is 2.23 bits per heavy atom. The Labute approximate surface area is 276 Å². The highest BCUT2D eigenvalue weighted by molar-refractivity contribution is 6.46. The van der Waals surface area contributed by atoms with Crippen LogP contribution in [0, 0.1) is 29.0 Å². The number of hydrogen-bond donors (Lipinski definition) is 4. The lowest BCUT2D eigenvalue weighted by atomic mass is 9.43. The van der Waals surface area contributed by atoms with Crippen molar-refractivity contribution in [2.24, 2.45) is 23.2 Å². The number of carbonyl (C=O) groups excluding carboxylic acids is 4. The molecule has 6 rings (SSSR count). The van der Waals surface area contributed by atoms with E-state index in [0.29, 0.717) is 11.8 Å². The van der Waals surface area contributed by atoms with Crippen molar-refractivity contribution in [1.29, 1.82) is 0 Å². The van der Waals surface area contributed by atoms with Gasteiger partial charge in [-0.25, -0.2) is 4.39 Å². The molecule has 3 aliphatic carbocycles. The first-order chi connectivity index (χ1) is 22.2. The van der Waals surface area contributed by atoms with E-state index in [1.165, 1.54) is 24.3 Å². The third-order valence-corrected chi connectivity index (χ3v) is 10.5. The number of rotatable bonds is 12. The SMILES string of the molecule is CC(C)[C@H](NC(=O)c1ccccc1F)C(=O)N[C@@H](Cc1ccccc1)C(=O)N[C@@H](C)C(=O)NCB1O[C@@H]2CC3C[C@@H](C3(C)C)[C@]2(C)O1. The summed E-state index contributed by atoms with van der Waals surface area (Å²) < 4.78 is 26.8. The maximum atomic E-state index is 14.3. The third-order valence-electron chi connectivity index (χ3n) is 10.5. The molecule has 3 saturated carbocycles. The number of nitrogens with one attached hydrogen (secondary N) is 4. The summed E-state index contributed by atoms with van der Waals surface area (Å²) in [7, 11) is -0.579. The molecule has 10 nitrogen and oxygen atoms in total. The smallest absolute Gasteiger partial charge is 0.404 e. The van der Waals surface area contributed by atoms with Crippen LogP contribution >= 0.6 is 0 Å². The predicted octanol–water partition coefficient (Wildman–Crippen LogP) is 3.20. The van der Waals surface area contributed by atoms with Crippen LogP contribution in [0.1, 0.15) is 70.3 Å². The van der Waals surface area contributed by atoms with E-state index in [2.05, 4.69) is 42.0 Å². The van der Waals surface area contributed by atoms with Gasteiger partial charge < -0.3 is 30.6 Å². The minimum atomic E-state index is -1.06. The first-order valence-corrected chi connectivity index (χ1v) is 16.5. The minimum absolute atomic E-state index is 0.00757. The van der Waals surface area contributed by atoms with Gasteiger partial charge in [0.25, 0.3) is 5.91 Å². The van der Waals surface area contributed by atoms with Gasteiger partial charge in [-0.05, 0) is 67.6 Å². The van der Waals surface area contributed by atoms with Crippen LogP contribution in [0.4, 0.5) is 4.39 Å². The van der Waals surface area contributed by atoms with E-state index < -0.39 is 54.7 Å². The Morgan fingerprint density at radius 2 is 1.57 bits per heavy atom. The normalized spacial score (nSPS) is 25.9. The number of carbonyl (C=O) groups is 4. The fourth-order valence-corrected chi connectivity index (χ4v) is 7.47. The summed E-state index contributed by atoms with van der Waals surface area (Å²) in [5.41, 5.74) is 0.413. The molecule has 12 heteroatoms. The second-order valence-electron chi connectivity index (χ2n) is 14.3. The monoisotopic (exact) mass is 648 g/mol. The summed E-state index contributed by atoms with van der Waals surface area (Å²) in [4.78, 5) is 53.0. The molecule has 252 valence electrons. The van der Waals surface area contributed by atoms with E-state index >= 15 is 0 Å². The average Bonchev–Trinajstić information content (AvgIpc) is 3.38. The van der Waals surface area contributed by atoms with E-state index in [1.807, 2.05) is 30.3 Å². The van der Waals surface area contributed by atoms with Crippen molar-refractivity contribution in [1.82, 2.24) is 21.3 Å². The molecule has 4 N–H and O–H groups in total. The summed E-state index contributed by atoms with van der Waals surface area (Å²) in [6.45, 7) is 11.7. The first kappa shape index (κ1) is 34.6. The summed E-state index contributed by atoms with van der Waals surface area (Å²) in [6, 6.07) is 11.6. The molecule has 7 atom stereocenters. The standard InChI is InChI=1S/C35H46BFN4O6/c1-20(2)29(41-31(43)24-14-10-11-15-25(24)37)33(45)40-26(16-22-12-8-7-9-13-22)32(44)39-21(3)30(42)38-19-36-46-28-18-23-17-27(34(23,4)5)35(28,6)47-36/h7-15,20-21,23,26-29H,16-19H2,1-6H3,(H,38,42)(H,39,44)(H,40,45)(H,41,43)/t21-,23?,26-,27-,28+,29-,35-/m0/s1. The summed E-state index contributed by atoms with van der Waals surface area (Å²) >= 11 is 0. The van der Waals surface area contributed by atoms with Crippen LogP contribution in [0.5, 0.6) is 0 Å². The van der Waals surface area contributed by atoms with Gasteiger partial charge in [0.15, 0.2) is 0 Å². The Kier molecular flexibility index (Phi) is 10.1. The second-order valence-corrected chi connectivity index (χ2v) is 14.3. The lowest BCUT2D eigenvalue weighted by Crippen LogP contribution is -2.65. The quantitative estimate of drug-likeness (QED) is 0.261. The fourth-order valence-electron chi connectivity index (χ4n) is 7.47. The molecule has 4 aliphatic rings. The first-order valence-electron chi connectivity index (χ1n) is 16.5. The van der Waals surface area contributed by atoms with Gasteiger partial charge in [-0.2, -0.15) is 0 Å². The van der Waals surface area contributed by atoms with Gasteiger partial charge in [-0.1, -0.05) is 70.2 Å². The Bertz CT molecular complexity index is 1490. The predicted molar refractivity (Wildman–Crippen MR) is 175 cm³/mol. The molecular weight excluding hydrogens is 602 g/mol. The fraction of sp³-hybridized carbons (Fsp3) is 0.543. The van der Waals surface area contributed by atoms with Crippen molar-refractivity contribution in [3.8, 4) is 0 Å². The number of benzene rings is 2. The Balaban J connectivity index is 1.19. The molecule has 4 fully saturated rings. The maximum absolute atomic E-state index is 14.3. The van der Waals surface area contributed by atoms with Crippen LogP contribution in [-0.4, -0.2) is 67.0 Å². The van der Waals surface area contributed by atoms with E-state index in [9.17, 15) is 23.6 Å². The molecule has 0 aromatic heterocycles. The molecule has 0 radical (unpaired) electrons. The number of amides is 4. The molecule has 1 saturated heterocycles. The van der Waals surface area contributed by atoms with Gasteiger partial charge in [0.2, 0.25) is 17.7 Å². The van der Waals surface area contributed by atoms with E-state index in [1.54, 1.807) is 20.8 Å².